The van der Waals surface area contributed by atoms with Crippen LogP contribution < -0.4 is 21.1 Å². The molecule has 5 N–H and O–H groups in total. The van der Waals surface area contributed by atoms with Crippen LogP contribution in [0.25, 0.3) is 5.52 Å². The number of methoxy groups -OCH3 is 1. The number of rotatable bonds is 5. The average Bonchev–Trinajstić information content (AvgIpc) is 3.31. The number of nitriles is 1. The minimum Gasteiger partial charge on any atom is -0.495 e. The Hall–Kier alpha value is -3.98. The maximum Gasteiger partial charge on any atom is 0.490 e. The number of nitrogens with one attached hydrogen (secondary N) is 2. The van der Waals surface area contributed by atoms with E-state index < -0.39 is 12.1 Å². The Balaban J connectivity index is 0.000000429. The van der Waals surface area contributed by atoms with E-state index in [2.05, 4.69) is 21.8 Å². The van der Waals surface area contributed by atoms with Gasteiger partial charge in [0, 0.05) is 18.2 Å². The van der Waals surface area contributed by atoms with E-state index in [4.69, 9.17) is 20.4 Å². The Morgan fingerprint density at radius 2 is 1.89 bits per heavy atom. The number of nitrogens with zero attached hydrogens (tertiary/aromatic N) is 3. The fourth-order valence-corrected chi connectivity index (χ4v) is 3.78. The molecular weight excluding hydrogens is 465 g/mol. The number of carboxylic acid groups (broad SMARTS) is 1. The highest BCUT2D eigenvalue weighted by Gasteiger charge is 2.38. The molecule has 0 radical (unpaired) electrons. The molecule has 9 nitrogen and oxygen atoms in total. The second kappa shape index (κ2) is 11.0. The lowest BCUT2D eigenvalue weighted by Gasteiger charge is -2.28. The predicted molar refractivity (Wildman–Crippen MR) is 124 cm³/mol. The van der Waals surface area contributed by atoms with Crippen LogP contribution in [-0.2, 0) is 4.79 Å². The number of anilines is 3. The molecule has 186 valence electrons. The molecule has 1 saturated carbocycles. The SMILES string of the molecule is COc1ccccc1Nc1cc(NC2CCC(N)CC2)c(C#N)c2ccnn12.O=C(O)C(F)(F)F. The number of halogens is 3. The maximum absolute atomic E-state index is 10.6. The first-order chi connectivity index (χ1) is 16.6. The van der Waals surface area contributed by atoms with E-state index in [-0.39, 0.29) is 6.04 Å². The number of benzene rings is 1. The zero-order valence-corrected chi connectivity index (χ0v) is 18.8. The van der Waals surface area contributed by atoms with Gasteiger partial charge < -0.3 is 26.2 Å². The van der Waals surface area contributed by atoms with Crippen LogP contribution in [0, 0.1) is 11.3 Å². The highest BCUT2D eigenvalue weighted by Crippen LogP contribution is 2.32. The molecule has 2 aromatic heterocycles. The minimum absolute atomic E-state index is 0.286. The van der Waals surface area contributed by atoms with Crippen LogP contribution in [0.15, 0.2) is 42.6 Å². The molecule has 4 rings (SSSR count). The number of para-hydroxylation sites is 2. The normalized spacial score (nSPS) is 17.6. The van der Waals surface area contributed by atoms with Crippen molar-refractivity contribution >= 4 is 28.7 Å². The summed E-state index contributed by atoms with van der Waals surface area (Å²) in [5.41, 5.74) is 9.04. The van der Waals surface area contributed by atoms with E-state index in [0.29, 0.717) is 11.6 Å². The fourth-order valence-electron chi connectivity index (χ4n) is 3.78. The summed E-state index contributed by atoms with van der Waals surface area (Å²) in [6.45, 7) is 0. The van der Waals surface area contributed by atoms with Gasteiger partial charge in [-0.05, 0) is 43.9 Å². The van der Waals surface area contributed by atoms with Crippen molar-refractivity contribution in [2.75, 3.05) is 17.7 Å². The lowest BCUT2D eigenvalue weighted by Crippen LogP contribution is -2.33. The Morgan fingerprint density at radius 3 is 2.49 bits per heavy atom. The molecule has 0 spiro atoms. The second-order valence-electron chi connectivity index (χ2n) is 7.94. The summed E-state index contributed by atoms with van der Waals surface area (Å²) in [5, 5.41) is 28.3. The first-order valence-electron chi connectivity index (χ1n) is 10.8. The minimum atomic E-state index is -5.08. The van der Waals surface area contributed by atoms with Gasteiger partial charge in [0.25, 0.3) is 0 Å². The summed E-state index contributed by atoms with van der Waals surface area (Å²) < 4.78 is 38.9. The molecule has 1 aromatic carbocycles. The van der Waals surface area contributed by atoms with Gasteiger partial charge in [0.2, 0.25) is 0 Å². The molecule has 1 aliphatic carbocycles. The van der Waals surface area contributed by atoms with Crippen LogP contribution in [0.4, 0.5) is 30.4 Å². The molecule has 1 fully saturated rings. The molecule has 35 heavy (non-hydrogen) atoms. The number of alkyl halides is 3. The quantitative estimate of drug-likeness (QED) is 0.416. The first kappa shape index (κ1) is 25.6. The van der Waals surface area contributed by atoms with Gasteiger partial charge in [0.15, 0.2) is 0 Å². The number of fused-ring (bicyclic) bond motifs is 1. The maximum atomic E-state index is 10.6. The van der Waals surface area contributed by atoms with Crippen LogP contribution in [0.3, 0.4) is 0 Å². The molecule has 12 heteroatoms. The smallest absolute Gasteiger partial charge is 0.490 e. The highest BCUT2D eigenvalue weighted by atomic mass is 19.4. The zero-order valence-electron chi connectivity index (χ0n) is 18.8. The summed E-state index contributed by atoms with van der Waals surface area (Å²) in [6, 6.07) is 14.5. The topological polar surface area (TPSA) is 138 Å². The van der Waals surface area contributed by atoms with E-state index in [0.717, 1.165) is 54.1 Å². The summed E-state index contributed by atoms with van der Waals surface area (Å²) in [6.07, 6.45) is 0.631. The van der Waals surface area contributed by atoms with E-state index >= 15 is 0 Å². The lowest BCUT2D eigenvalue weighted by atomic mass is 9.91. The Morgan fingerprint density at radius 1 is 1.23 bits per heavy atom. The molecule has 0 aliphatic heterocycles. The van der Waals surface area contributed by atoms with Crippen LogP contribution in [0.5, 0.6) is 5.75 Å². The summed E-state index contributed by atoms with van der Waals surface area (Å²) in [4.78, 5) is 8.90. The van der Waals surface area contributed by atoms with Gasteiger partial charge in [-0.25, -0.2) is 9.31 Å². The molecule has 1 aliphatic rings. The van der Waals surface area contributed by atoms with Crippen molar-refractivity contribution in [3.63, 3.8) is 0 Å². The third-order valence-corrected chi connectivity index (χ3v) is 5.53. The standard InChI is InChI=1S/C21H24N6O.C2HF3O2/c1-28-20-5-3-2-4-17(20)26-21-12-18(25-15-8-6-14(23)7-9-15)16(13-22)19-10-11-24-27(19)21;3-2(4,5)1(6)7/h2-5,10-12,14-15,25-26H,6-9,23H2,1H3;(H,6,7). The molecule has 0 bridgehead atoms. The van der Waals surface area contributed by atoms with Crippen LogP contribution in [-0.4, -0.2) is 46.1 Å². The molecule has 0 unspecified atom stereocenters. The Labute approximate surface area is 199 Å². The van der Waals surface area contributed by atoms with Gasteiger partial charge in [-0.3, -0.25) is 0 Å². The molecular formula is C23H25F3N6O3. The van der Waals surface area contributed by atoms with Gasteiger partial charge >= 0.3 is 12.1 Å². The average molecular weight is 490 g/mol. The van der Waals surface area contributed by atoms with E-state index in [1.165, 1.54) is 0 Å². The van der Waals surface area contributed by atoms with Crippen molar-refractivity contribution in [3.05, 3.63) is 48.2 Å². The van der Waals surface area contributed by atoms with E-state index in [1.807, 2.05) is 36.4 Å². The van der Waals surface area contributed by atoms with Crippen molar-refractivity contribution in [2.24, 2.45) is 5.73 Å². The number of aliphatic carboxylic acids is 1. The number of aromatic nitrogens is 2. The van der Waals surface area contributed by atoms with Crippen LogP contribution >= 0.6 is 0 Å². The van der Waals surface area contributed by atoms with Crippen molar-refractivity contribution in [2.45, 2.75) is 43.9 Å². The molecule has 0 atom stereocenters. The number of pyridine rings is 1. The largest absolute Gasteiger partial charge is 0.495 e. The summed E-state index contributed by atoms with van der Waals surface area (Å²) in [7, 11) is 1.64. The van der Waals surface area contributed by atoms with E-state index in [1.54, 1.807) is 17.8 Å². The number of carboxylic acids is 1. The first-order valence-corrected chi connectivity index (χ1v) is 10.8. The van der Waals surface area contributed by atoms with Crippen molar-refractivity contribution in [1.29, 1.82) is 5.26 Å². The lowest BCUT2D eigenvalue weighted by molar-refractivity contribution is -0.192. The van der Waals surface area contributed by atoms with Crippen molar-refractivity contribution < 1.29 is 27.8 Å². The molecule has 2 heterocycles. The third-order valence-electron chi connectivity index (χ3n) is 5.53. The Bertz CT molecular complexity index is 1210. The van der Waals surface area contributed by atoms with E-state index in [9.17, 15) is 18.4 Å². The van der Waals surface area contributed by atoms with Gasteiger partial charge in [-0.15, -0.1) is 0 Å². The van der Waals surface area contributed by atoms with Gasteiger partial charge in [-0.1, -0.05) is 12.1 Å². The zero-order chi connectivity index (χ0) is 25.6. The van der Waals surface area contributed by atoms with Crippen molar-refractivity contribution in [3.8, 4) is 11.8 Å². The third kappa shape index (κ3) is 6.33. The number of nitrogens with two attached hydrogens (primary N) is 1. The predicted octanol–water partition coefficient (Wildman–Crippen LogP) is 4.27. The molecule has 0 saturated heterocycles. The number of hydrogen-bond acceptors (Lipinski definition) is 7. The number of ether oxygens (including phenoxy) is 1. The molecule has 3 aromatic rings. The van der Waals surface area contributed by atoms with Crippen LogP contribution in [0.1, 0.15) is 31.2 Å². The fraction of sp³-hybridized carbons (Fsp3) is 0.348. The monoisotopic (exact) mass is 490 g/mol. The summed E-state index contributed by atoms with van der Waals surface area (Å²) in [5.74, 6) is -1.26. The van der Waals surface area contributed by atoms with Gasteiger partial charge in [0.05, 0.1) is 30.2 Å². The Kier molecular flexibility index (Phi) is 8.03. The summed E-state index contributed by atoms with van der Waals surface area (Å²) >= 11 is 0. The number of hydrogen-bond donors (Lipinski definition) is 4. The molecule has 0 amide bonds. The number of carbonyl (C=O) groups is 1. The van der Waals surface area contributed by atoms with Gasteiger partial charge in [0.1, 0.15) is 23.2 Å². The van der Waals surface area contributed by atoms with Crippen molar-refractivity contribution in [1.82, 2.24) is 9.61 Å². The highest BCUT2D eigenvalue weighted by molar-refractivity contribution is 5.79. The second-order valence-corrected chi connectivity index (χ2v) is 7.94. The van der Waals surface area contributed by atoms with Crippen LogP contribution in [0.2, 0.25) is 0 Å². The van der Waals surface area contributed by atoms with Gasteiger partial charge in [-0.2, -0.15) is 23.5 Å².